The molecule has 0 bridgehead atoms. The molecule has 7 heteroatoms. The summed E-state index contributed by atoms with van der Waals surface area (Å²) >= 11 is 1.72. The van der Waals surface area contributed by atoms with Crippen LogP contribution in [0, 0.1) is 0 Å². The van der Waals surface area contributed by atoms with E-state index in [1.54, 1.807) is 18.4 Å². The van der Waals surface area contributed by atoms with Crippen molar-refractivity contribution in [2.24, 2.45) is 0 Å². The topological polar surface area (TPSA) is 61.9 Å². The van der Waals surface area contributed by atoms with Gasteiger partial charge in [0.15, 0.2) is 0 Å². The average molecular weight is 430 g/mol. The molecule has 1 aromatic carbocycles. The van der Waals surface area contributed by atoms with E-state index in [9.17, 15) is 9.59 Å². The van der Waals surface area contributed by atoms with E-state index in [0.29, 0.717) is 26.1 Å². The lowest BCUT2D eigenvalue weighted by Gasteiger charge is -2.22. The molecule has 0 spiro atoms. The second-order valence-corrected chi connectivity index (χ2v) is 8.57. The van der Waals surface area contributed by atoms with Gasteiger partial charge in [-0.25, -0.2) is 0 Å². The first-order chi connectivity index (χ1) is 14.6. The third-order valence-corrected chi connectivity index (χ3v) is 6.30. The van der Waals surface area contributed by atoms with Crippen molar-refractivity contribution in [1.82, 2.24) is 15.1 Å². The van der Waals surface area contributed by atoms with Crippen LogP contribution in [0.2, 0.25) is 0 Å². The van der Waals surface area contributed by atoms with Crippen molar-refractivity contribution < 1.29 is 14.3 Å². The van der Waals surface area contributed by atoms with E-state index in [4.69, 9.17) is 4.74 Å². The first kappa shape index (κ1) is 22.3. The lowest BCUT2D eigenvalue weighted by molar-refractivity contribution is -0.131. The Morgan fingerprint density at radius 2 is 1.90 bits per heavy atom. The van der Waals surface area contributed by atoms with Gasteiger partial charge in [0.05, 0.1) is 13.7 Å². The number of hydrogen-bond donors (Lipinski definition) is 1. The Balaban J connectivity index is 1.35. The van der Waals surface area contributed by atoms with E-state index in [2.05, 4.69) is 21.7 Å². The molecular formula is C23H31N3O3S. The molecule has 0 unspecified atom stereocenters. The van der Waals surface area contributed by atoms with Crippen LogP contribution in [0.15, 0.2) is 41.8 Å². The Hall–Kier alpha value is -2.38. The fraction of sp³-hybridized carbons (Fsp3) is 0.478. The number of rotatable bonds is 9. The van der Waals surface area contributed by atoms with Gasteiger partial charge in [-0.2, -0.15) is 0 Å². The van der Waals surface area contributed by atoms with Crippen LogP contribution in [0.5, 0.6) is 5.75 Å². The van der Waals surface area contributed by atoms with E-state index in [0.717, 1.165) is 50.2 Å². The SMILES string of the molecule is COc1ccc(CCC(=O)N2CCCN(CC(=O)NCCc3cccs3)CC2)cc1. The summed E-state index contributed by atoms with van der Waals surface area (Å²) < 4.78 is 5.17. The maximum Gasteiger partial charge on any atom is 0.234 e. The smallest absolute Gasteiger partial charge is 0.234 e. The standard InChI is InChI=1S/C23H31N3O3S/c1-29-20-8-5-19(6-9-20)7-10-23(28)26-14-3-13-25(15-16-26)18-22(27)24-12-11-21-4-2-17-30-21/h2,4-6,8-9,17H,3,7,10-16,18H2,1H3,(H,24,27). The number of benzene rings is 1. The number of aryl methyl sites for hydroxylation is 1. The summed E-state index contributed by atoms with van der Waals surface area (Å²) in [7, 11) is 1.65. The molecule has 1 fully saturated rings. The fourth-order valence-electron chi connectivity index (χ4n) is 3.62. The van der Waals surface area contributed by atoms with Crippen LogP contribution in [0.4, 0.5) is 0 Å². The van der Waals surface area contributed by atoms with Crippen LogP contribution in [0.3, 0.4) is 0 Å². The van der Waals surface area contributed by atoms with E-state index >= 15 is 0 Å². The third-order valence-electron chi connectivity index (χ3n) is 5.37. The maximum atomic E-state index is 12.6. The fourth-order valence-corrected chi connectivity index (χ4v) is 4.33. The number of carbonyl (C=O) groups excluding carboxylic acids is 2. The van der Waals surface area contributed by atoms with Crippen LogP contribution in [-0.4, -0.2) is 68.0 Å². The molecule has 1 aliphatic rings. The molecule has 1 aliphatic heterocycles. The summed E-state index contributed by atoms with van der Waals surface area (Å²) in [5, 5.41) is 5.06. The molecule has 30 heavy (non-hydrogen) atoms. The molecule has 0 radical (unpaired) electrons. The third kappa shape index (κ3) is 7.15. The van der Waals surface area contributed by atoms with E-state index in [-0.39, 0.29) is 11.8 Å². The summed E-state index contributed by atoms with van der Waals surface area (Å²) in [6, 6.07) is 12.0. The van der Waals surface area contributed by atoms with Gasteiger partial charge < -0.3 is 15.0 Å². The van der Waals surface area contributed by atoms with Gasteiger partial charge in [-0.1, -0.05) is 18.2 Å². The van der Waals surface area contributed by atoms with Gasteiger partial charge in [-0.05, 0) is 48.4 Å². The van der Waals surface area contributed by atoms with Crippen molar-refractivity contribution >= 4 is 23.2 Å². The summed E-state index contributed by atoms with van der Waals surface area (Å²) in [5.41, 5.74) is 1.14. The monoisotopic (exact) mass is 429 g/mol. The van der Waals surface area contributed by atoms with Gasteiger partial charge >= 0.3 is 0 Å². The van der Waals surface area contributed by atoms with E-state index in [1.807, 2.05) is 35.2 Å². The van der Waals surface area contributed by atoms with Crippen LogP contribution < -0.4 is 10.1 Å². The second-order valence-electron chi connectivity index (χ2n) is 7.54. The lowest BCUT2D eigenvalue weighted by atomic mass is 10.1. The Bertz CT molecular complexity index is 793. The number of nitrogens with one attached hydrogen (secondary N) is 1. The number of nitrogens with zero attached hydrogens (tertiary/aromatic N) is 2. The largest absolute Gasteiger partial charge is 0.497 e. The van der Waals surface area contributed by atoms with Crippen LogP contribution in [-0.2, 0) is 22.4 Å². The summed E-state index contributed by atoms with van der Waals surface area (Å²) in [5.74, 6) is 1.08. The quantitative estimate of drug-likeness (QED) is 0.666. The van der Waals surface area contributed by atoms with Crippen molar-refractivity contribution in [2.45, 2.75) is 25.7 Å². The highest BCUT2D eigenvalue weighted by atomic mass is 32.1. The molecule has 3 rings (SSSR count). The van der Waals surface area contributed by atoms with E-state index in [1.165, 1.54) is 4.88 Å². The molecule has 1 N–H and O–H groups in total. The molecular weight excluding hydrogens is 398 g/mol. The highest BCUT2D eigenvalue weighted by Gasteiger charge is 2.20. The predicted octanol–water partition coefficient (Wildman–Crippen LogP) is 2.58. The van der Waals surface area contributed by atoms with E-state index < -0.39 is 0 Å². The lowest BCUT2D eigenvalue weighted by Crippen LogP contribution is -2.40. The van der Waals surface area contributed by atoms with Gasteiger partial charge in [0.25, 0.3) is 0 Å². The number of amides is 2. The Labute approximate surface area is 182 Å². The molecule has 2 heterocycles. The van der Waals surface area contributed by atoms with Crippen LogP contribution in [0.25, 0.3) is 0 Å². The molecule has 2 aromatic rings. The molecule has 0 saturated carbocycles. The minimum Gasteiger partial charge on any atom is -0.497 e. The molecule has 0 aliphatic carbocycles. The first-order valence-corrected chi connectivity index (χ1v) is 11.4. The van der Waals surface area contributed by atoms with Gasteiger partial charge in [-0.15, -0.1) is 11.3 Å². The Kier molecular flexibility index (Phi) is 8.71. The van der Waals surface area contributed by atoms with Crippen molar-refractivity contribution in [1.29, 1.82) is 0 Å². The number of hydrogen-bond acceptors (Lipinski definition) is 5. The molecule has 162 valence electrons. The zero-order chi connectivity index (χ0) is 21.2. The van der Waals surface area contributed by atoms with Crippen molar-refractivity contribution in [3.05, 3.63) is 52.2 Å². The highest BCUT2D eigenvalue weighted by molar-refractivity contribution is 7.09. The Morgan fingerprint density at radius 1 is 1.07 bits per heavy atom. The number of ether oxygens (including phenoxy) is 1. The molecule has 6 nitrogen and oxygen atoms in total. The van der Waals surface area contributed by atoms with Gasteiger partial charge in [0, 0.05) is 44.0 Å². The van der Waals surface area contributed by atoms with Gasteiger partial charge in [0.1, 0.15) is 5.75 Å². The maximum absolute atomic E-state index is 12.6. The predicted molar refractivity (Wildman–Crippen MR) is 120 cm³/mol. The Morgan fingerprint density at radius 3 is 2.63 bits per heavy atom. The zero-order valence-electron chi connectivity index (χ0n) is 17.6. The number of thiophene rings is 1. The minimum atomic E-state index is 0.0610. The van der Waals surface area contributed by atoms with Gasteiger partial charge in [0.2, 0.25) is 11.8 Å². The minimum absolute atomic E-state index is 0.0610. The summed E-state index contributed by atoms with van der Waals surface area (Å²) in [6.45, 7) is 4.11. The summed E-state index contributed by atoms with van der Waals surface area (Å²) in [4.78, 5) is 30.2. The zero-order valence-corrected chi connectivity index (χ0v) is 18.5. The van der Waals surface area contributed by atoms with Crippen molar-refractivity contribution in [2.75, 3.05) is 46.4 Å². The number of methoxy groups -OCH3 is 1. The van der Waals surface area contributed by atoms with Crippen molar-refractivity contribution in [3.8, 4) is 5.75 Å². The average Bonchev–Trinajstić information content (AvgIpc) is 3.17. The molecule has 1 aromatic heterocycles. The normalized spacial score (nSPS) is 14.9. The molecule has 1 saturated heterocycles. The molecule has 2 amide bonds. The van der Waals surface area contributed by atoms with Crippen molar-refractivity contribution in [3.63, 3.8) is 0 Å². The first-order valence-electron chi connectivity index (χ1n) is 10.6. The van der Waals surface area contributed by atoms with Crippen LogP contribution >= 0.6 is 11.3 Å². The number of carbonyl (C=O) groups is 2. The van der Waals surface area contributed by atoms with Crippen LogP contribution in [0.1, 0.15) is 23.3 Å². The van der Waals surface area contributed by atoms with Gasteiger partial charge in [-0.3, -0.25) is 14.5 Å². The molecule has 0 atom stereocenters. The second kappa shape index (κ2) is 11.7. The highest BCUT2D eigenvalue weighted by Crippen LogP contribution is 2.14. The summed E-state index contributed by atoms with van der Waals surface area (Å²) in [6.07, 6.45) is 3.02.